The Labute approximate surface area is 219 Å². The van der Waals surface area contributed by atoms with Gasteiger partial charge in [-0.2, -0.15) is 0 Å². The molecule has 0 saturated heterocycles. The number of aromatic nitrogens is 2. The van der Waals surface area contributed by atoms with Crippen LogP contribution in [-0.4, -0.2) is 21.8 Å². The number of anilines is 2. The van der Waals surface area contributed by atoms with Gasteiger partial charge < -0.3 is 15.6 Å². The molecular formula is C28H26Cl2N4O2. The molecule has 0 unspecified atom stereocenters. The summed E-state index contributed by atoms with van der Waals surface area (Å²) in [6.45, 7) is 0. The number of nitrogens with one attached hydrogen (secondary N) is 3. The molecule has 4 aromatic rings. The van der Waals surface area contributed by atoms with Gasteiger partial charge in [-0.15, -0.1) is 0 Å². The van der Waals surface area contributed by atoms with Gasteiger partial charge in [0.1, 0.15) is 5.82 Å². The monoisotopic (exact) mass is 520 g/mol. The quantitative estimate of drug-likeness (QED) is 0.235. The van der Waals surface area contributed by atoms with E-state index >= 15 is 0 Å². The number of H-pyrrole nitrogens is 1. The molecule has 8 heteroatoms. The average Bonchev–Trinajstić information content (AvgIpc) is 3.09. The van der Waals surface area contributed by atoms with Crippen molar-refractivity contribution in [3.05, 3.63) is 76.3 Å². The van der Waals surface area contributed by atoms with Crippen LogP contribution in [0.5, 0.6) is 0 Å². The van der Waals surface area contributed by atoms with E-state index in [0.29, 0.717) is 21.6 Å². The van der Waals surface area contributed by atoms with E-state index in [1.165, 1.54) is 12.8 Å². The van der Waals surface area contributed by atoms with Gasteiger partial charge >= 0.3 is 0 Å². The van der Waals surface area contributed by atoms with Crippen molar-refractivity contribution in [2.45, 2.75) is 38.5 Å². The van der Waals surface area contributed by atoms with E-state index in [4.69, 9.17) is 23.2 Å². The molecule has 1 fully saturated rings. The summed E-state index contributed by atoms with van der Waals surface area (Å²) < 4.78 is 0. The summed E-state index contributed by atoms with van der Waals surface area (Å²) in [7, 11) is 0. The Hall–Kier alpha value is -3.35. The highest BCUT2D eigenvalue weighted by Gasteiger charge is 2.20. The zero-order valence-corrected chi connectivity index (χ0v) is 21.1. The molecule has 5 rings (SSSR count). The van der Waals surface area contributed by atoms with Crippen molar-refractivity contribution in [1.29, 1.82) is 0 Å². The van der Waals surface area contributed by atoms with E-state index in [0.717, 1.165) is 48.0 Å². The van der Waals surface area contributed by atoms with Crippen LogP contribution in [0.15, 0.2) is 60.7 Å². The van der Waals surface area contributed by atoms with Crippen molar-refractivity contribution in [2.24, 2.45) is 5.92 Å². The van der Waals surface area contributed by atoms with Crippen LogP contribution in [0.25, 0.3) is 22.4 Å². The number of rotatable bonds is 5. The van der Waals surface area contributed by atoms with Gasteiger partial charge in [0.25, 0.3) is 5.91 Å². The second-order valence-electron chi connectivity index (χ2n) is 9.12. The van der Waals surface area contributed by atoms with E-state index in [-0.39, 0.29) is 23.3 Å². The predicted octanol–water partition coefficient (Wildman–Crippen LogP) is 7.70. The molecule has 2 amide bonds. The summed E-state index contributed by atoms with van der Waals surface area (Å²) in [6.07, 6.45) is 6.64. The fraction of sp³-hybridized carbons (Fsp3) is 0.250. The summed E-state index contributed by atoms with van der Waals surface area (Å²) in [5.74, 6) is 0.530. The molecule has 0 radical (unpaired) electrons. The molecule has 1 aliphatic rings. The highest BCUT2D eigenvalue weighted by atomic mass is 35.5. The minimum atomic E-state index is -0.383. The van der Waals surface area contributed by atoms with Gasteiger partial charge in [-0.3, -0.25) is 9.59 Å². The Morgan fingerprint density at radius 1 is 0.833 bits per heavy atom. The van der Waals surface area contributed by atoms with Crippen molar-refractivity contribution in [3.8, 4) is 11.4 Å². The second kappa shape index (κ2) is 10.7. The van der Waals surface area contributed by atoms with E-state index in [1.54, 1.807) is 24.3 Å². The lowest BCUT2D eigenvalue weighted by molar-refractivity contribution is -0.120. The fourth-order valence-electron chi connectivity index (χ4n) is 4.63. The third-order valence-corrected chi connectivity index (χ3v) is 7.21. The van der Waals surface area contributed by atoms with E-state index < -0.39 is 0 Å². The van der Waals surface area contributed by atoms with Crippen LogP contribution in [0, 0.1) is 5.92 Å². The number of imidazole rings is 1. The summed E-state index contributed by atoms with van der Waals surface area (Å²) in [6, 6.07) is 18.0. The molecule has 1 heterocycles. The van der Waals surface area contributed by atoms with Gasteiger partial charge in [0.15, 0.2) is 0 Å². The van der Waals surface area contributed by atoms with Gasteiger partial charge in [0.05, 0.1) is 26.6 Å². The van der Waals surface area contributed by atoms with Gasteiger partial charge in [-0.05, 0) is 67.4 Å². The molecule has 36 heavy (non-hydrogen) atoms. The van der Waals surface area contributed by atoms with Crippen LogP contribution in [0.2, 0.25) is 10.0 Å². The summed E-state index contributed by atoms with van der Waals surface area (Å²) in [5.41, 5.74) is 4.05. The average molecular weight is 521 g/mol. The molecule has 0 aliphatic heterocycles. The molecule has 1 aromatic heterocycles. The number of halogens is 2. The first-order valence-electron chi connectivity index (χ1n) is 12.1. The number of nitrogens with zero attached hydrogens (tertiary/aromatic N) is 1. The minimum absolute atomic E-state index is 0.103. The Bertz CT molecular complexity index is 1390. The number of carbonyl (C=O) groups is 2. The van der Waals surface area contributed by atoms with E-state index in [1.807, 2.05) is 36.4 Å². The number of amides is 2. The minimum Gasteiger partial charge on any atom is -0.338 e. The standard InChI is InChI=1S/C28H26Cl2N4O2/c29-21-8-5-9-22(30)25(21)28(36)32-20-14-15-23-24(16-20)34-26(33-23)17-10-12-19(13-11-17)31-27(35)18-6-3-1-2-4-7-18/h5,8-16,18H,1-4,6-7H2,(H,31,35)(H,32,36)(H,33,34). The largest absolute Gasteiger partial charge is 0.338 e. The maximum Gasteiger partial charge on any atom is 0.258 e. The first-order chi connectivity index (χ1) is 17.5. The van der Waals surface area contributed by atoms with Crippen LogP contribution < -0.4 is 10.6 Å². The number of hydrogen-bond donors (Lipinski definition) is 3. The second-order valence-corrected chi connectivity index (χ2v) is 9.94. The Balaban J connectivity index is 1.29. The van der Waals surface area contributed by atoms with Crippen LogP contribution in [-0.2, 0) is 4.79 Å². The zero-order valence-electron chi connectivity index (χ0n) is 19.6. The topological polar surface area (TPSA) is 86.9 Å². The van der Waals surface area contributed by atoms with Crippen LogP contribution in [0.1, 0.15) is 48.9 Å². The third kappa shape index (κ3) is 5.40. The van der Waals surface area contributed by atoms with Crippen molar-refractivity contribution >= 4 is 57.4 Å². The lowest BCUT2D eigenvalue weighted by Crippen LogP contribution is -2.22. The number of aromatic amines is 1. The SMILES string of the molecule is O=C(Nc1ccc2nc(-c3ccc(NC(=O)C4CCCCCC4)cc3)[nH]c2c1)c1c(Cl)cccc1Cl. The van der Waals surface area contributed by atoms with Crippen LogP contribution in [0.3, 0.4) is 0 Å². The maximum absolute atomic E-state index is 12.7. The smallest absolute Gasteiger partial charge is 0.258 e. The van der Waals surface area contributed by atoms with E-state index in [9.17, 15) is 9.59 Å². The lowest BCUT2D eigenvalue weighted by Gasteiger charge is -2.14. The molecule has 3 aromatic carbocycles. The molecule has 0 spiro atoms. The summed E-state index contributed by atoms with van der Waals surface area (Å²) in [5, 5.41) is 6.49. The van der Waals surface area contributed by atoms with Crippen LogP contribution >= 0.6 is 23.2 Å². The highest BCUT2D eigenvalue weighted by molar-refractivity contribution is 6.40. The van der Waals surface area contributed by atoms with Gasteiger partial charge in [-0.1, -0.05) is 55.0 Å². The normalized spacial score (nSPS) is 14.4. The Kier molecular flexibility index (Phi) is 7.25. The van der Waals surface area contributed by atoms with Gasteiger partial charge in [0, 0.05) is 22.9 Å². The summed E-state index contributed by atoms with van der Waals surface area (Å²) >= 11 is 12.3. The third-order valence-electron chi connectivity index (χ3n) is 6.58. The molecule has 0 atom stereocenters. The Morgan fingerprint density at radius 3 is 2.19 bits per heavy atom. The Morgan fingerprint density at radius 2 is 1.50 bits per heavy atom. The fourth-order valence-corrected chi connectivity index (χ4v) is 5.20. The molecule has 1 aliphatic carbocycles. The van der Waals surface area contributed by atoms with Gasteiger partial charge in [-0.25, -0.2) is 4.98 Å². The van der Waals surface area contributed by atoms with Crippen LogP contribution in [0.4, 0.5) is 11.4 Å². The van der Waals surface area contributed by atoms with Crippen molar-refractivity contribution in [1.82, 2.24) is 9.97 Å². The van der Waals surface area contributed by atoms with Crippen molar-refractivity contribution < 1.29 is 9.59 Å². The number of carbonyl (C=O) groups excluding carboxylic acids is 2. The predicted molar refractivity (Wildman–Crippen MR) is 146 cm³/mol. The van der Waals surface area contributed by atoms with Crippen molar-refractivity contribution in [3.63, 3.8) is 0 Å². The maximum atomic E-state index is 12.7. The molecular weight excluding hydrogens is 495 g/mol. The number of hydrogen-bond acceptors (Lipinski definition) is 3. The lowest BCUT2D eigenvalue weighted by atomic mass is 9.99. The molecule has 6 nitrogen and oxygen atoms in total. The summed E-state index contributed by atoms with van der Waals surface area (Å²) in [4.78, 5) is 33.3. The van der Waals surface area contributed by atoms with Gasteiger partial charge in [0.2, 0.25) is 5.91 Å². The molecule has 0 bridgehead atoms. The first-order valence-corrected chi connectivity index (χ1v) is 12.9. The van der Waals surface area contributed by atoms with E-state index in [2.05, 4.69) is 20.6 Å². The number of benzene rings is 3. The molecule has 3 N–H and O–H groups in total. The molecule has 184 valence electrons. The highest BCUT2D eigenvalue weighted by Crippen LogP contribution is 2.28. The first kappa shape index (κ1) is 24.3. The molecule has 1 saturated carbocycles. The van der Waals surface area contributed by atoms with Crippen molar-refractivity contribution in [2.75, 3.05) is 10.6 Å². The number of fused-ring (bicyclic) bond motifs is 1. The zero-order chi connectivity index (χ0) is 25.1.